The van der Waals surface area contributed by atoms with E-state index >= 15 is 0 Å². The maximum atomic E-state index is 13.3. The highest BCUT2D eigenvalue weighted by molar-refractivity contribution is 5.34. The van der Waals surface area contributed by atoms with Crippen LogP contribution in [-0.4, -0.2) is 20.2 Å². The molecule has 8 heteroatoms. The fourth-order valence-electron chi connectivity index (χ4n) is 1.19. The maximum Gasteiger partial charge on any atom is 0.170 e. The van der Waals surface area contributed by atoms with E-state index in [9.17, 15) is 13.2 Å². The summed E-state index contributed by atoms with van der Waals surface area (Å²) in [5.74, 6) is -3.29. The molecule has 0 fully saturated rings. The van der Waals surface area contributed by atoms with E-state index in [0.29, 0.717) is 12.1 Å². The lowest BCUT2D eigenvalue weighted by molar-refractivity contribution is 0.490. The van der Waals surface area contributed by atoms with Gasteiger partial charge in [-0.2, -0.15) is 4.68 Å². The maximum absolute atomic E-state index is 13.3. The van der Waals surface area contributed by atoms with Crippen molar-refractivity contribution in [1.29, 1.82) is 0 Å². The first kappa shape index (κ1) is 10.6. The summed E-state index contributed by atoms with van der Waals surface area (Å²) in [6, 6.07) is 1.09. The quantitative estimate of drug-likeness (QED) is 0.763. The second kappa shape index (κ2) is 3.89. The van der Waals surface area contributed by atoms with Gasteiger partial charge in [-0.1, -0.05) is 0 Å². The monoisotopic (exact) mass is 229 g/mol. The molecule has 0 aliphatic heterocycles. The van der Waals surface area contributed by atoms with Crippen LogP contribution in [0.1, 0.15) is 5.82 Å². The van der Waals surface area contributed by atoms with Crippen LogP contribution in [0.2, 0.25) is 0 Å². The minimum absolute atomic E-state index is 0.0502. The zero-order valence-electron chi connectivity index (χ0n) is 7.86. The fraction of sp³-hybridized carbons (Fsp3) is 0.125. The van der Waals surface area contributed by atoms with Gasteiger partial charge in [0, 0.05) is 12.1 Å². The molecule has 5 nitrogen and oxygen atoms in total. The fourth-order valence-corrected chi connectivity index (χ4v) is 1.19. The number of benzene rings is 1. The van der Waals surface area contributed by atoms with Crippen molar-refractivity contribution in [3.8, 4) is 5.69 Å². The summed E-state index contributed by atoms with van der Waals surface area (Å²) in [6.07, 6.45) is 0. The molecule has 0 bridgehead atoms. The number of rotatable bonds is 2. The molecule has 2 rings (SSSR count). The van der Waals surface area contributed by atoms with E-state index in [4.69, 9.17) is 5.73 Å². The summed E-state index contributed by atoms with van der Waals surface area (Å²) in [7, 11) is 0. The number of nitrogens with zero attached hydrogens (tertiary/aromatic N) is 4. The van der Waals surface area contributed by atoms with Crippen LogP contribution < -0.4 is 5.73 Å². The van der Waals surface area contributed by atoms with Crippen molar-refractivity contribution in [3.05, 3.63) is 35.4 Å². The van der Waals surface area contributed by atoms with Crippen LogP contribution in [0.3, 0.4) is 0 Å². The van der Waals surface area contributed by atoms with Gasteiger partial charge in [0.25, 0.3) is 0 Å². The molecule has 0 unspecified atom stereocenters. The lowest BCUT2D eigenvalue weighted by Gasteiger charge is -2.04. The van der Waals surface area contributed by atoms with E-state index in [1.54, 1.807) is 0 Å². The van der Waals surface area contributed by atoms with Crippen molar-refractivity contribution >= 4 is 0 Å². The van der Waals surface area contributed by atoms with Gasteiger partial charge in [-0.25, -0.2) is 13.2 Å². The van der Waals surface area contributed by atoms with Crippen LogP contribution in [0.25, 0.3) is 5.69 Å². The molecule has 1 heterocycles. The Balaban J connectivity index is 2.60. The first-order valence-corrected chi connectivity index (χ1v) is 4.25. The molecule has 16 heavy (non-hydrogen) atoms. The summed E-state index contributed by atoms with van der Waals surface area (Å²) >= 11 is 0. The highest BCUT2D eigenvalue weighted by Gasteiger charge is 2.15. The van der Waals surface area contributed by atoms with Crippen molar-refractivity contribution in [3.63, 3.8) is 0 Å². The third kappa shape index (κ3) is 1.63. The number of hydrogen-bond acceptors (Lipinski definition) is 4. The standard InChI is InChI=1S/C8H6F3N5/c9-4-1-6(11)7(2-5(4)10)16-8(3-12)13-14-15-16/h1-2H,3,12H2. The summed E-state index contributed by atoms with van der Waals surface area (Å²) in [4.78, 5) is 0. The van der Waals surface area contributed by atoms with Crippen LogP contribution in [-0.2, 0) is 6.54 Å². The number of nitrogens with two attached hydrogens (primary N) is 1. The lowest BCUT2D eigenvalue weighted by atomic mass is 10.3. The predicted octanol–water partition coefficient (Wildman–Crippen LogP) is 0.538. The molecule has 0 saturated carbocycles. The average Bonchev–Trinajstić information content (AvgIpc) is 2.71. The summed E-state index contributed by atoms with van der Waals surface area (Å²) in [5, 5.41) is 10.2. The van der Waals surface area contributed by atoms with Crippen molar-refractivity contribution in [2.75, 3.05) is 0 Å². The van der Waals surface area contributed by atoms with Crippen LogP contribution in [0.4, 0.5) is 13.2 Å². The largest absolute Gasteiger partial charge is 0.324 e. The molecule has 0 saturated heterocycles. The molecular weight excluding hydrogens is 223 g/mol. The molecule has 1 aromatic carbocycles. The van der Waals surface area contributed by atoms with Crippen molar-refractivity contribution < 1.29 is 13.2 Å². The van der Waals surface area contributed by atoms with Gasteiger partial charge in [0.15, 0.2) is 23.3 Å². The molecule has 1 aromatic heterocycles. The molecule has 0 radical (unpaired) electrons. The molecule has 0 spiro atoms. The molecule has 0 amide bonds. The predicted molar refractivity (Wildman–Crippen MR) is 46.9 cm³/mol. The lowest BCUT2D eigenvalue weighted by Crippen LogP contribution is -2.10. The van der Waals surface area contributed by atoms with Gasteiger partial charge in [-0.15, -0.1) is 5.10 Å². The Morgan fingerprint density at radius 1 is 1.12 bits per heavy atom. The van der Waals surface area contributed by atoms with Crippen LogP contribution >= 0.6 is 0 Å². The molecule has 0 atom stereocenters. The Kier molecular flexibility index (Phi) is 2.57. The molecule has 84 valence electrons. The van der Waals surface area contributed by atoms with E-state index in [1.165, 1.54) is 0 Å². The van der Waals surface area contributed by atoms with Crippen LogP contribution in [0.5, 0.6) is 0 Å². The highest BCUT2D eigenvalue weighted by Crippen LogP contribution is 2.17. The molecular formula is C8H6F3N5. The van der Waals surface area contributed by atoms with Crippen molar-refractivity contribution in [2.45, 2.75) is 6.54 Å². The van der Waals surface area contributed by atoms with Crippen LogP contribution in [0.15, 0.2) is 12.1 Å². The van der Waals surface area contributed by atoms with Crippen molar-refractivity contribution in [1.82, 2.24) is 20.2 Å². The molecule has 0 aliphatic carbocycles. The third-order valence-corrected chi connectivity index (χ3v) is 1.93. The van der Waals surface area contributed by atoms with E-state index in [1.807, 2.05) is 0 Å². The Labute approximate surface area is 87.7 Å². The van der Waals surface area contributed by atoms with E-state index in [0.717, 1.165) is 4.68 Å². The van der Waals surface area contributed by atoms with Gasteiger partial charge in [-0.3, -0.25) is 0 Å². The first-order valence-electron chi connectivity index (χ1n) is 4.25. The number of tetrazole rings is 1. The third-order valence-electron chi connectivity index (χ3n) is 1.93. The highest BCUT2D eigenvalue weighted by atomic mass is 19.2. The second-order valence-corrected chi connectivity index (χ2v) is 2.93. The van der Waals surface area contributed by atoms with E-state index in [-0.39, 0.29) is 18.1 Å². The SMILES string of the molecule is NCc1nnnn1-c1cc(F)c(F)cc1F. The Bertz CT molecular complexity index is 524. The van der Waals surface area contributed by atoms with E-state index in [2.05, 4.69) is 15.5 Å². The number of halogens is 3. The topological polar surface area (TPSA) is 69.6 Å². The summed E-state index contributed by atoms with van der Waals surface area (Å²) in [5.41, 5.74) is 5.01. The van der Waals surface area contributed by atoms with Gasteiger partial charge in [0.2, 0.25) is 0 Å². The Hall–Kier alpha value is -1.96. The van der Waals surface area contributed by atoms with Crippen LogP contribution in [0, 0.1) is 17.5 Å². The van der Waals surface area contributed by atoms with Gasteiger partial charge in [-0.05, 0) is 10.4 Å². The van der Waals surface area contributed by atoms with Gasteiger partial charge in [0.05, 0.1) is 6.54 Å². The first-order chi connectivity index (χ1) is 7.63. The average molecular weight is 229 g/mol. The van der Waals surface area contributed by atoms with Gasteiger partial charge in [0.1, 0.15) is 5.69 Å². The normalized spacial score (nSPS) is 10.8. The zero-order valence-corrected chi connectivity index (χ0v) is 7.86. The Morgan fingerprint density at radius 3 is 2.50 bits per heavy atom. The van der Waals surface area contributed by atoms with Gasteiger partial charge < -0.3 is 5.73 Å². The minimum Gasteiger partial charge on any atom is -0.324 e. The second-order valence-electron chi connectivity index (χ2n) is 2.93. The van der Waals surface area contributed by atoms with Gasteiger partial charge >= 0.3 is 0 Å². The number of hydrogen-bond donors (Lipinski definition) is 1. The number of aromatic nitrogens is 4. The van der Waals surface area contributed by atoms with Crippen molar-refractivity contribution in [2.24, 2.45) is 5.73 Å². The Morgan fingerprint density at radius 2 is 1.81 bits per heavy atom. The molecule has 2 N–H and O–H groups in total. The summed E-state index contributed by atoms with van der Waals surface area (Å²) < 4.78 is 39.9. The zero-order chi connectivity index (χ0) is 11.7. The summed E-state index contributed by atoms with van der Waals surface area (Å²) in [6.45, 7) is -0.0502. The smallest absolute Gasteiger partial charge is 0.170 e. The molecule has 0 aliphatic rings. The van der Waals surface area contributed by atoms with E-state index < -0.39 is 17.5 Å². The molecule has 2 aromatic rings. The minimum atomic E-state index is -1.27.